The maximum atomic E-state index is 12.2. The quantitative estimate of drug-likeness (QED) is 0.587. The van der Waals surface area contributed by atoms with Crippen molar-refractivity contribution < 1.29 is 36.9 Å². The van der Waals surface area contributed by atoms with Crippen molar-refractivity contribution in [2.75, 3.05) is 26.4 Å². The van der Waals surface area contributed by atoms with Crippen molar-refractivity contribution in [2.24, 2.45) is 11.8 Å². The summed E-state index contributed by atoms with van der Waals surface area (Å²) in [6.45, 7) is 4.48. The largest absolute Gasteiger partial charge is 0.573 e. The van der Waals surface area contributed by atoms with E-state index in [1.807, 2.05) is 0 Å². The number of hydrogen-bond acceptors (Lipinski definition) is 5. The van der Waals surface area contributed by atoms with Gasteiger partial charge in [0.1, 0.15) is 5.75 Å². The van der Waals surface area contributed by atoms with Crippen LogP contribution in [0.3, 0.4) is 0 Å². The molecule has 29 heavy (non-hydrogen) atoms. The van der Waals surface area contributed by atoms with Gasteiger partial charge in [0.25, 0.3) is 0 Å². The summed E-state index contributed by atoms with van der Waals surface area (Å²) >= 11 is 0. The average Bonchev–Trinajstić information content (AvgIpc) is 2.71. The van der Waals surface area contributed by atoms with Crippen molar-refractivity contribution in [2.45, 2.75) is 45.1 Å². The van der Waals surface area contributed by atoms with Crippen molar-refractivity contribution in [3.05, 3.63) is 42.0 Å². The number of rotatable bonds is 7. The molecule has 0 amide bonds. The zero-order valence-electron chi connectivity index (χ0n) is 16.4. The fourth-order valence-corrected chi connectivity index (χ4v) is 3.27. The van der Waals surface area contributed by atoms with Gasteiger partial charge >= 0.3 is 6.36 Å². The number of allylic oxidation sites excluding steroid dienone is 1. The Labute approximate surface area is 168 Å². The smallest absolute Gasteiger partial charge is 0.406 e. The molecule has 0 atom stereocenters. The third-order valence-corrected chi connectivity index (χ3v) is 4.80. The Bertz CT molecular complexity index is 631. The van der Waals surface area contributed by atoms with Crippen LogP contribution in [0, 0.1) is 11.8 Å². The maximum absolute atomic E-state index is 12.2. The van der Waals surface area contributed by atoms with Gasteiger partial charge in [0, 0.05) is 17.4 Å². The molecule has 5 nitrogen and oxygen atoms in total. The molecule has 0 unspecified atom stereocenters. The van der Waals surface area contributed by atoms with Gasteiger partial charge in [0.15, 0.2) is 12.6 Å². The molecule has 162 valence electrons. The standard InChI is InChI=1S/C21H27F3O5/c1-2-3-4-15-11-25-19(26-12-15)10-5-16-13-27-20(28-14-16)17-6-8-18(9-7-17)29-21(22,23)24/h3-4,6-9,15-16,19-20H,2,5,10-14H2,1H3. The van der Waals surface area contributed by atoms with Crippen LogP contribution in [0.4, 0.5) is 13.2 Å². The molecule has 2 aliphatic rings. The van der Waals surface area contributed by atoms with Crippen molar-refractivity contribution in [3.63, 3.8) is 0 Å². The van der Waals surface area contributed by atoms with E-state index in [2.05, 4.69) is 23.8 Å². The minimum Gasteiger partial charge on any atom is -0.406 e. The Kier molecular flexibility index (Phi) is 7.94. The van der Waals surface area contributed by atoms with Crippen LogP contribution in [0.15, 0.2) is 36.4 Å². The van der Waals surface area contributed by atoms with E-state index in [9.17, 15) is 13.2 Å². The highest BCUT2D eigenvalue weighted by molar-refractivity contribution is 5.28. The lowest BCUT2D eigenvalue weighted by atomic mass is 10.0. The van der Waals surface area contributed by atoms with Crippen molar-refractivity contribution >= 4 is 0 Å². The van der Waals surface area contributed by atoms with E-state index >= 15 is 0 Å². The second-order valence-electron chi connectivity index (χ2n) is 7.25. The van der Waals surface area contributed by atoms with Crippen LogP contribution in [-0.2, 0) is 18.9 Å². The molecule has 3 rings (SSSR count). The van der Waals surface area contributed by atoms with E-state index in [1.165, 1.54) is 24.3 Å². The van der Waals surface area contributed by atoms with Crippen LogP contribution in [-0.4, -0.2) is 39.1 Å². The maximum Gasteiger partial charge on any atom is 0.573 e. The van der Waals surface area contributed by atoms with Crippen molar-refractivity contribution in [1.82, 2.24) is 0 Å². The molecule has 2 saturated heterocycles. The summed E-state index contributed by atoms with van der Waals surface area (Å²) in [5.74, 6) is 0.278. The van der Waals surface area contributed by atoms with Gasteiger partial charge in [-0.1, -0.05) is 31.2 Å². The Morgan fingerprint density at radius 2 is 1.62 bits per heavy atom. The molecule has 1 aromatic rings. The molecule has 0 aromatic heterocycles. The first-order chi connectivity index (χ1) is 13.9. The van der Waals surface area contributed by atoms with Crippen molar-refractivity contribution in [3.8, 4) is 5.75 Å². The van der Waals surface area contributed by atoms with Gasteiger partial charge < -0.3 is 23.7 Å². The zero-order valence-corrected chi connectivity index (χ0v) is 16.4. The zero-order chi connectivity index (χ0) is 20.7. The Hall–Kier alpha value is -1.61. The lowest BCUT2D eigenvalue weighted by molar-refractivity contribution is -0.274. The Morgan fingerprint density at radius 3 is 2.21 bits per heavy atom. The van der Waals surface area contributed by atoms with Crippen LogP contribution >= 0.6 is 0 Å². The van der Waals surface area contributed by atoms with Crippen LogP contribution < -0.4 is 4.74 Å². The van der Waals surface area contributed by atoms with Gasteiger partial charge in [-0.3, -0.25) is 0 Å². The van der Waals surface area contributed by atoms with Gasteiger partial charge in [0.05, 0.1) is 26.4 Å². The van der Waals surface area contributed by atoms with Gasteiger partial charge in [-0.2, -0.15) is 0 Å². The Morgan fingerprint density at radius 1 is 0.966 bits per heavy atom. The molecular weight excluding hydrogens is 389 g/mol. The number of hydrogen-bond donors (Lipinski definition) is 0. The van der Waals surface area contributed by atoms with Crippen LogP contribution in [0.2, 0.25) is 0 Å². The predicted molar refractivity (Wildman–Crippen MR) is 99.1 cm³/mol. The van der Waals surface area contributed by atoms with Gasteiger partial charge in [-0.15, -0.1) is 13.2 Å². The second-order valence-corrected chi connectivity index (χ2v) is 7.25. The molecule has 0 spiro atoms. The number of ether oxygens (including phenoxy) is 5. The summed E-state index contributed by atoms with van der Waals surface area (Å²) in [5.41, 5.74) is 0.656. The van der Waals surface area contributed by atoms with E-state index in [4.69, 9.17) is 18.9 Å². The normalized spacial score (nSPS) is 28.6. The molecule has 0 bridgehead atoms. The summed E-state index contributed by atoms with van der Waals surface area (Å²) in [6.07, 6.45) is 1.42. The third-order valence-electron chi connectivity index (χ3n) is 4.80. The fraction of sp³-hybridized carbons (Fsp3) is 0.619. The minimum atomic E-state index is -4.70. The average molecular weight is 416 g/mol. The van der Waals surface area contributed by atoms with E-state index in [1.54, 1.807) is 0 Å². The first kappa shape index (κ1) is 22.1. The molecule has 2 fully saturated rings. The minimum absolute atomic E-state index is 0.194. The SMILES string of the molecule is CCC=CC1COC(CCC2COC(c3ccc(OC(F)(F)F)cc3)OC2)OC1. The summed E-state index contributed by atoms with van der Waals surface area (Å²) in [6, 6.07) is 5.53. The van der Waals surface area contributed by atoms with Gasteiger partial charge in [-0.25, -0.2) is 0 Å². The highest BCUT2D eigenvalue weighted by Gasteiger charge is 2.31. The molecule has 2 aliphatic heterocycles. The summed E-state index contributed by atoms with van der Waals surface area (Å²) in [5, 5.41) is 0. The van der Waals surface area contributed by atoms with Gasteiger partial charge in [0.2, 0.25) is 0 Å². The number of benzene rings is 1. The molecule has 0 aliphatic carbocycles. The first-order valence-corrected chi connectivity index (χ1v) is 9.91. The highest BCUT2D eigenvalue weighted by Crippen LogP contribution is 2.30. The molecular formula is C21H27F3O5. The van der Waals surface area contributed by atoms with E-state index in [0.29, 0.717) is 37.9 Å². The summed E-state index contributed by atoms with van der Waals surface area (Å²) < 4.78 is 63.6. The van der Waals surface area contributed by atoms with Crippen LogP contribution in [0.1, 0.15) is 38.0 Å². The lowest BCUT2D eigenvalue weighted by Crippen LogP contribution is -2.33. The topological polar surface area (TPSA) is 46.2 Å². The van der Waals surface area contributed by atoms with Crippen LogP contribution in [0.25, 0.3) is 0 Å². The number of alkyl halides is 3. The predicted octanol–water partition coefficient (Wildman–Crippen LogP) is 4.98. The lowest BCUT2D eigenvalue weighted by Gasteiger charge is -2.32. The summed E-state index contributed by atoms with van der Waals surface area (Å²) in [7, 11) is 0. The van der Waals surface area contributed by atoms with Crippen LogP contribution in [0.5, 0.6) is 5.75 Å². The molecule has 0 N–H and O–H groups in total. The molecule has 0 radical (unpaired) electrons. The molecule has 2 heterocycles. The van der Waals surface area contributed by atoms with E-state index < -0.39 is 12.7 Å². The molecule has 0 saturated carbocycles. The van der Waals surface area contributed by atoms with E-state index in [-0.39, 0.29) is 18.0 Å². The van der Waals surface area contributed by atoms with E-state index in [0.717, 1.165) is 19.3 Å². The second kappa shape index (κ2) is 10.4. The highest BCUT2D eigenvalue weighted by atomic mass is 19.4. The van der Waals surface area contributed by atoms with Gasteiger partial charge in [-0.05, 0) is 31.4 Å². The molecule has 8 heteroatoms. The summed E-state index contributed by atoms with van der Waals surface area (Å²) in [4.78, 5) is 0. The first-order valence-electron chi connectivity index (χ1n) is 9.91. The number of halogens is 3. The Balaban J connectivity index is 1.36. The molecule has 1 aromatic carbocycles. The third kappa shape index (κ3) is 7.29. The van der Waals surface area contributed by atoms with Crippen molar-refractivity contribution in [1.29, 1.82) is 0 Å². The fourth-order valence-electron chi connectivity index (χ4n) is 3.27. The monoisotopic (exact) mass is 416 g/mol.